The fourth-order valence-corrected chi connectivity index (χ4v) is 0.849. The molecule has 0 saturated carbocycles. The molecule has 0 atom stereocenters. The number of carbonyl (C=O) groups excluding carboxylic acids is 1. The van der Waals surface area contributed by atoms with Crippen molar-refractivity contribution in [3.05, 3.63) is 23.5 Å². The summed E-state index contributed by atoms with van der Waals surface area (Å²) in [4.78, 5) is 14.5. The molecule has 0 spiro atoms. The normalized spacial score (nSPS) is 9.38. The van der Waals surface area contributed by atoms with Crippen LogP contribution in [0.25, 0.3) is 0 Å². The second-order valence-electron chi connectivity index (χ2n) is 2.17. The summed E-state index contributed by atoms with van der Waals surface area (Å²) in [6, 6.07) is 1.57. The van der Waals surface area contributed by atoms with E-state index in [0.29, 0.717) is 10.8 Å². The molecule has 0 aliphatic carbocycles. The summed E-state index contributed by atoms with van der Waals surface area (Å²) in [5, 5.41) is 0.367. The number of rotatable bonds is 3. The van der Waals surface area contributed by atoms with Crippen molar-refractivity contribution in [2.45, 2.75) is 0 Å². The van der Waals surface area contributed by atoms with Gasteiger partial charge in [-0.3, -0.25) is 4.98 Å². The molecule has 0 amide bonds. The quantitative estimate of drug-likeness (QED) is 0.692. The minimum Gasteiger partial charge on any atom is -0.480 e. The predicted octanol–water partition coefficient (Wildman–Crippen LogP) is 1.29. The molecule has 1 rings (SSSR count). The third-order valence-corrected chi connectivity index (χ3v) is 1.59. The Hall–Kier alpha value is -1.29. The largest absolute Gasteiger partial charge is 0.480 e. The zero-order valence-corrected chi connectivity index (χ0v) is 7.75. The molecule has 0 aliphatic heterocycles. The van der Waals surface area contributed by atoms with Gasteiger partial charge in [0.1, 0.15) is 10.8 Å². The molecule has 0 saturated heterocycles. The van der Waals surface area contributed by atoms with E-state index in [1.807, 2.05) is 0 Å². The van der Waals surface area contributed by atoms with Gasteiger partial charge in [0.25, 0.3) is 0 Å². The van der Waals surface area contributed by atoms with Gasteiger partial charge in [0.2, 0.25) is 0 Å². The SMILES string of the molecule is COC(=O)COc1ccncc1Cl. The zero-order chi connectivity index (χ0) is 9.68. The highest BCUT2D eigenvalue weighted by atomic mass is 35.5. The predicted molar refractivity (Wildman–Crippen MR) is 46.8 cm³/mol. The number of nitrogens with zero attached hydrogens (tertiary/aromatic N) is 1. The zero-order valence-electron chi connectivity index (χ0n) is 6.99. The average molecular weight is 202 g/mol. The highest BCUT2D eigenvalue weighted by molar-refractivity contribution is 6.31. The highest BCUT2D eigenvalue weighted by Crippen LogP contribution is 2.21. The molecule has 70 valence electrons. The molecule has 0 radical (unpaired) electrons. The first-order valence-corrected chi connectivity index (χ1v) is 3.91. The highest BCUT2D eigenvalue weighted by Gasteiger charge is 2.04. The van der Waals surface area contributed by atoms with Crippen LogP contribution in [0.4, 0.5) is 0 Å². The first-order chi connectivity index (χ1) is 6.24. The van der Waals surface area contributed by atoms with Crippen LogP contribution in [0.3, 0.4) is 0 Å². The van der Waals surface area contributed by atoms with Gasteiger partial charge in [-0.05, 0) is 0 Å². The molecule has 0 bridgehead atoms. The number of methoxy groups -OCH3 is 1. The topological polar surface area (TPSA) is 48.4 Å². The minimum atomic E-state index is -0.451. The van der Waals surface area contributed by atoms with Gasteiger partial charge < -0.3 is 9.47 Å². The lowest BCUT2D eigenvalue weighted by Crippen LogP contribution is -2.12. The maximum Gasteiger partial charge on any atom is 0.343 e. The molecule has 5 heteroatoms. The molecular weight excluding hydrogens is 194 g/mol. The Kier molecular flexibility index (Phi) is 3.52. The van der Waals surface area contributed by atoms with E-state index >= 15 is 0 Å². The number of hydrogen-bond acceptors (Lipinski definition) is 4. The Morgan fingerprint density at radius 1 is 1.69 bits per heavy atom. The molecule has 0 aliphatic rings. The number of pyridine rings is 1. The van der Waals surface area contributed by atoms with Crippen molar-refractivity contribution in [3.63, 3.8) is 0 Å². The van der Waals surface area contributed by atoms with E-state index < -0.39 is 5.97 Å². The molecule has 4 nitrogen and oxygen atoms in total. The van der Waals surface area contributed by atoms with Crippen LogP contribution < -0.4 is 4.74 Å². The van der Waals surface area contributed by atoms with Crippen molar-refractivity contribution < 1.29 is 14.3 Å². The fourth-order valence-electron chi connectivity index (χ4n) is 0.675. The van der Waals surface area contributed by atoms with E-state index in [4.69, 9.17) is 16.3 Å². The lowest BCUT2D eigenvalue weighted by Gasteiger charge is -2.04. The standard InChI is InChI=1S/C8H8ClNO3/c1-12-8(11)5-13-7-2-3-10-4-6(7)9/h2-4H,5H2,1H3. The summed E-state index contributed by atoms with van der Waals surface area (Å²) in [6.45, 7) is -0.153. The monoisotopic (exact) mass is 201 g/mol. The van der Waals surface area contributed by atoms with Crippen molar-refractivity contribution in [1.29, 1.82) is 0 Å². The fraction of sp³-hybridized carbons (Fsp3) is 0.250. The Morgan fingerprint density at radius 3 is 3.08 bits per heavy atom. The van der Waals surface area contributed by atoms with Gasteiger partial charge in [-0.1, -0.05) is 11.6 Å². The third kappa shape index (κ3) is 2.91. The number of halogens is 1. The van der Waals surface area contributed by atoms with Gasteiger partial charge >= 0.3 is 5.97 Å². The van der Waals surface area contributed by atoms with Gasteiger partial charge in [0, 0.05) is 18.5 Å². The molecule has 0 fully saturated rings. The summed E-state index contributed by atoms with van der Waals surface area (Å²) in [5.74, 6) is -0.0325. The lowest BCUT2D eigenvalue weighted by atomic mass is 10.4. The van der Waals surface area contributed by atoms with Crippen molar-refractivity contribution in [1.82, 2.24) is 4.98 Å². The minimum absolute atomic E-state index is 0.153. The molecule has 0 aromatic carbocycles. The summed E-state index contributed by atoms with van der Waals surface area (Å²) in [6.07, 6.45) is 2.96. The van der Waals surface area contributed by atoms with Crippen LogP contribution in [-0.4, -0.2) is 24.7 Å². The van der Waals surface area contributed by atoms with Crippen LogP contribution in [0.2, 0.25) is 5.02 Å². The molecule has 13 heavy (non-hydrogen) atoms. The molecule has 1 aromatic heterocycles. The molecule has 1 aromatic rings. The smallest absolute Gasteiger partial charge is 0.343 e. The van der Waals surface area contributed by atoms with Crippen molar-refractivity contribution in [2.75, 3.05) is 13.7 Å². The molecular formula is C8H8ClNO3. The van der Waals surface area contributed by atoms with Crippen molar-refractivity contribution in [3.8, 4) is 5.75 Å². The van der Waals surface area contributed by atoms with Crippen molar-refractivity contribution in [2.24, 2.45) is 0 Å². The van der Waals surface area contributed by atoms with Crippen LogP contribution in [0, 0.1) is 0 Å². The summed E-state index contributed by atoms with van der Waals surface area (Å²) in [5.41, 5.74) is 0. The lowest BCUT2D eigenvalue weighted by molar-refractivity contribution is -0.142. The van der Waals surface area contributed by atoms with E-state index in [0.717, 1.165) is 0 Å². The van der Waals surface area contributed by atoms with Gasteiger partial charge in [-0.2, -0.15) is 0 Å². The number of ether oxygens (including phenoxy) is 2. The van der Waals surface area contributed by atoms with Crippen LogP contribution in [-0.2, 0) is 9.53 Å². The van der Waals surface area contributed by atoms with E-state index in [1.165, 1.54) is 19.5 Å². The van der Waals surface area contributed by atoms with Crippen LogP contribution in [0.15, 0.2) is 18.5 Å². The van der Waals surface area contributed by atoms with E-state index in [-0.39, 0.29) is 6.61 Å². The van der Waals surface area contributed by atoms with E-state index in [2.05, 4.69) is 9.72 Å². The van der Waals surface area contributed by atoms with E-state index in [1.54, 1.807) is 6.07 Å². The Balaban J connectivity index is 2.54. The maximum atomic E-state index is 10.7. The van der Waals surface area contributed by atoms with Crippen LogP contribution in [0.1, 0.15) is 0 Å². The molecule has 0 unspecified atom stereocenters. The number of esters is 1. The first kappa shape index (κ1) is 9.80. The summed E-state index contributed by atoms with van der Waals surface area (Å²) >= 11 is 5.71. The summed E-state index contributed by atoms with van der Waals surface area (Å²) < 4.78 is 9.43. The second kappa shape index (κ2) is 4.67. The number of carbonyl (C=O) groups is 1. The summed E-state index contributed by atoms with van der Waals surface area (Å²) in [7, 11) is 1.29. The van der Waals surface area contributed by atoms with Gasteiger partial charge in [0.15, 0.2) is 6.61 Å². The molecule has 1 heterocycles. The van der Waals surface area contributed by atoms with Gasteiger partial charge in [-0.25, -0.2) is 4.79 Å². The Bertz CT molecular complexity index is 303. The number of hydrogen-bond donors (Lipinski definition) is 0. The number of aromatic nitrogens is 1. The Morgan fingerprint density at radius 2 is 2.46 bits per heavy atom. The van der Waals surface area contributed by atoms with Gasteiger partial charge in [-0.15, -0.1) is 0 Å². The maximum absolute atomic E-state index is 10.7. The van der Waals surface area contributed by atoms with Crippen LogP contribution in [0.5, 0.6) is 5.75 Å². The second-order valence-corrected chi connectivity index (χ2v) is 2.58. The average Bonchev–Trinajstić information content (AvgIpc) is 2.16. The third-order valence-electron chi connectivity index (χ3n) is 1.31. The first-order valence-electron chi connectivity index (χ1n) is 3.53. The Labute approximate surface area is 80.4 Å². The molecule has 0 N–H and O–H groups in total. The van der Waals surface area contributed by atoms with Crippen molar-refractivity contribution >= 4 is 17.6 Å². The van der Waals surface area contributed by atoms with Crippen LogP contribution >= 0.6 is 11.6 Å². The van der Waals surface area contributed by atoms with E-state index in [9.17, 15) is 4.79 Å². The van der Waals surface area contributed by atoms with Gasteiger partial charge in [0.05, 0.1) is 7.11 Å².